The molecule has 140 valence electrons. The number of rotatable bonds is 7. The standard InChI is InChI=1S/C21H25F2NO2/c1-13-10-14(2)20(16(4)25)15(3)19(13)12-24(5)11-17-6-8-18(9-7-17)26-21(22)23/h6-10,21H,11-12H2,1-5H3. The second kappa shape index (κ2) is 8.41. The van der Waals surface area contributed by atoms with Crippen molar-refractivity contribution in [1.82, 2.24) is 4.90 Å². The molecule has 26 heavy (non-hydrogen) atoms. The summed E-state index contributed by atoms with van der Waals surface area (Å²) < 4.78 is 28.8. The maximum atomic E-state index is 12.2. The van der Waals surface area contributed by atoms with Crippen molar-refractivity contribution in [2.75, 3.05) is 7.05 Å². The van der Waals surface area contributed by atoms with E-state index in [1.165, 1.54) is 0 Å². The van der Waals surface area contributed by atoms with Crippen molar-refractivity contribution in [3.05, 3.63) is 63.7 Å². The summed E-state index contributed by atoms with van der Waals surface area (Å²) in [6, 6.07) is 8.72. The van der Waals surface area contributed by atoms with Gasteiger partial charge in [-0.25, -0.2) is 0 Å². The van der Waals surface area contributed by atoms with Crippen LogP contribution in [0.25, 0.3) is 0 Å². The monoisotopic (exact) mass is 361 g/mol. The van der Waals surface area contributed by atoms with Crippen LogP contribution in [-0.2, 0) is 13.1 Å². The average Bonchev–Trinajstić information content (AvgIpc) is 2.52. The molecule has 0 heterocycles. The lowest BCUT2D eigenvalue weighted by atomic mass is 9.91. The summed E-state index contributed by atoms with van der Waals surface area (Å²) in [4.78, 5) is 14.1. The number of hydrogen-bond donors (Lipinski definition) is 0. The van der Waals surface area contributed by atoms with Gasteiger partial charge in [0.1, 0.15) is 5.75 Å². The number of hydrogen-bond acceptors (Lipinski definition) is 3. The second-order valence-corrected chi connectivity index (χ2v) is 6.74. The number of nitrogens with zero attached hydrogens (tertiary/aromatic N) is 1. The maximum Gasteiger partial charge on any atom is 0.387 e. The van der Waals surface area contributed by atoms with Crippen LogP contribution in [0.1, 0.15) is 45.1 Å². The van der Waals surface area contributed by atoms with Gasteiger partial charge in [-0.15, -0.1) is 0 Å². The Labute approximate surface area is 153 Å². The first kappa shape index (κ1) is 20.0. The van der Waals surface area contributed by atoms with Gasteiger partial charge in [-0.2, -0.15) is 8.78 Å². The number of alkyl halides is 2. The van der Waals surface area contributed by atoms with Gasteiger partial charge in [0.15, 0.2) is 5.78 Å². The molecule has 0 amide bonds. The molecular formula is C21H25F2NO2. The Balaban J connectivity index is 2.14. The lowest BCUT2D eigenvalue weighted by Crippen LogP contribution is -2.19. The van der Waals surface area contributed by atoms with Gasteiger partial charge in [-0.3, -0.25) is 9.69 Å². The third-order valence-corrected chi connectivity index (χ3v) is 4.51. The number of carbonyl (C=O) groups is 1. The van der Waals surface area contributed by atoms with Gasteiger partial charge in [-0.1, -0.05) is 18.2 Å². The highest BCUT2D eigenvalue weighted by molar-refractivity contribution is 5.97. The minimum Gasteiger partial charge on any atom is -0.435 e. The highest BCUT2D eigenvalue weighted by Crippen LogP contribution is 2.24. The largest absolute Gasteiger partial charge is 0.435 e. The smallest absolute Gasteiger partial charge is 0.387 e. The van der Waals surface area contributed by atoms with Crippen LogP contribution in [0.15, 0.2) is 30.3 Å². The predicted octanol–water partition coefficient (Wildman–Crippen LogP) is 5.05. The summed E-state index contributed by atoms with van der Waals surface area (Å²) >= 11 is 0. The summed E-state index contributed by atoms with van der Waals surface area (Å²) in [6.45, 7) is 6.17. The van der Waals surface area contributed by atoms with Crippen LogP contribution >= 0.6 is 0 Å². The van der Waals surface area contributed by atoms with Gasteiger partial charge in [0.05, 0.1) is 0 Å². The van der Waals surface area contributed by atoms with Crippen molar-refractivity contribution in [3.8, 4) is 5.75 Å². The van der Waals surface area contributed by atoms with Crippen LogP contribution in [0.5, 0.6) is 5.75 Å². The summed E-state index contributed by atoms with van der Waals surface area (Å²) in [5, 5.41) is 0. The van der Waals surface area contributed by atoms with Gasteiger partial charge < -0.3 is 4.74 Å². The zero-order valence-electron chi connectivity index (χ0n) is 15.9. The van der Waals surface area contributed by atoms with Crippen molar-refractivity contribution in [2.24, 2.45) is 0 Å². The van der Waals surface area contributed by atoms with E-state index in [1.54, 1.807) is 31.2 Å². The molecule has 5 heteroatoms. The topological polar surface area (TPSA) is 29.5 Å². The number of carbonyl (C=O) groups excluding carboxylic acids is 1. The molecule has 2 aromatic rings. The quantitative estimate of drug-likeness (QED) is 0.647. The molecule has 0 bridgehead atoms. The Morgan fingerprint density at radius 1 is 1.08 bits per heavy atom. The molecule has 0 fully saturated rings. The Morgan fingerprint density at radius 3 is 2.23 bits per heavy atom. The fourth-order valence-electron chi connectivity index (χ4n) is 3.43. The number of ketones is 1. The Morgan fingerprint density at radius 2 is 1.69 bits per heavy atom. The van der Waals surface area contributed by atoms with Crippen LogP contribution in [0.3, 0.4) is 0 Å². The van der Waals surface area contributed by atoms with Gasteiger partial charge in [0, 0.05) is 18.7 Å². The minimum atomic E-state index is -2.81. The fraction of sp³-hybridized carbons (Fsp3) is 0.381. The van der Waals surface area contributed by atoms with E-state index in [1.807, 2.05) is 20.9 Å². The van der Waals surface area contributed by atoms with Gasteiger partial charge in [0.25, 0.3) is 0 Å². The van der Waals surface area contributed by atoms with E-state index < -0.39 is 6.61 Å². The summed E-state index contributed by atoms with van der Waals surface area (Å²) in [6.07, 6.45) is 0. The lowest BCUT2D eigenvalue weighted by molar-refractivity contribution is -0.0498. The van der Waals surface area contributed by atoms with Crippen molar-refractivity contribution in [2.45, 2.75) is 47.4 Å². The Kier molecular flexibility index (Phi) is 6.48. The zero-order chi connectivity index (χ0) is 19.4. The van der Waals surface area contributed by atoms with E-state index in [0.29, 0.717) is 13.1 Å². The molecule has 3 nitrogen and oxygen atoms in total. The molecule has 0 saturated carbocycles. The van der Waals surface area contributed by atoms with Gasteiger partial charge in [-0.05, 0) is 74.7 Å². The molecule has 0 aliphatic carbocycles. The highest BCUT2D eigenvalue weighted by Gasteiger charge is 2.15. The number of halogens is 2. The minimum absolute atomic E-state index is 0.0820. The number of Topliss-reactive ketones (excluding diaryl/α,β-unsaturated/α-hetero) is 1. The van der Waals surface area contributed by atoms with Crippen LogP contribution in [-0.4, -0.2) is 24.3 Å². The van der Waals surface area contributed by atoms with E-state index in [2.05, 4.69) is 22.6 Å². The summed E-state index contributed by atoms with van der Waals surface area (Å²) in [5.74, 6) is 0.237. The molecule has 2 aromatic carbocycles. The molecule has 0 unspecified atom stereocenters. The molecule has 0 N–H and O–H groups in total. The van der Waals surface area contributed by atoms with E-state index in [-0.39, 0.29) is 11.5 Å². The lowest BCUT2D eigenvalue weighted by Gasteiger charge is -2.22. The molecule has 0 saturated heterocycles. The molecule has 0 aliphatic rings. The first-order chi connectivity index (χ1) is 12.2. The van der Waals surface area contributed by atoms with Crippen LogP contribution in [0.4, 0.5) is 8.78 Å². The first-order valence-electron chi connectivity index (χ1n) is 8.52. The molecule has 0 radical (unpaired) electrons. The molecular weight excluding hydrogens is 336 g/mol. The second-order valence-electron chi connectivity index (χ2n) is 6.74. The molecule has 0 aliphatic heterocycles. The average molecular weight is 361 g/mol. The Hall–Kier alpha value is -2.27. The highest BCUT2D eigenvalue weighted by atomic mass is 19.3. The van der Waals surface area contributed by atoms with E-state index in [4.69, 9.17) is 0 Å². The molecule has 0 atom stereocenters. The SMILES string of the molecule is CC(=O)c1c(C)cc(C)c(CN(C)Cc2ccc(OC(F)F)cc2)c1C. The van der Waals surface area contributed by atoms with Crippen LogP contribution < -0.4 is 4.74 Å². The van der Waals surface area contributed by atoms with E-state index in [0.717, 1.165) is 33.4 Å². The summed E-state index contributed by atoms with van der Waals surface area (Å²) in [7, 11) is 2.00. The number of ether oxygens (including phenoxy) is 1. The third-order valence-electron chi connectivity index (χ3n) is 4.51. The third kappa shape index (κ3) is 4.88. The van der Waals surface area contributed by atoms with Crippen molar-refractivity contribution in [3.63, 3.8) is 0 Å². The fourth-order valence-corrected chi connectivity index (χ4v) is 3.43. The van der Waals surface area contributed by atoms with E-state index >= 15 is 0 Å². The molecule has 0 spiro atoms. The Bertz CT molecular complexity index is 786. The molecule has 0 aromatic heterocycles. The van der Waals surface area contributed by atoms with Crippen molar-refractivity contribution in [1.29, 1.82) is 0 Å². The number of benzene rings is 2. The first-order valence-corrected chi connectivity index (χ1v) is 8.52. The maximum absolute atomic E-state index is 12.2. The van der Waals surface area contributed by atoms with E-state index in [9.17, 15) is 13.6 Å². The van der Waals surface area contributed by atoms with Crippen LogP contribution in [0.2, 0.25) is 0 Å². The number of aryl methyl sites for hydroxylation is 2. The van der Waals surface area contributed by atoms with Gasteiger partial charge in [0.2, 0.25) is 0 Å². The predicted molar refractivity (Wildman–Crippen MR) is 98.9 cm³/mol. The van der Waals surface area contributed by atoms with Gasteiger partial charge >= 0.3 is 6.61 Å². The van der Waals surface area contributed by atoms with Crippen molar-refractivity contribution >= 4 is 5.78 Å². The summed E-state index contributed by atoms with van der Waals surface area (Å²) in [5.41, 5.74) is 6.16. The zero-order valence-corrected chi connectivity index (χ0v) is 15.9. The normalized spacial score (nSPS) is 11.3. The molecule has 2 rings (SSSR count). The van der Waals surface area contributed by atoms with Crippen molar-refractivity contribution < 1.29 is 18.3 Å². The van der Waals surface area contributed by atoms with Crippen LogP contribution in [0, 0.1) is 20.8 Å².